The molecule has 7 heavy (non-hydrogen) atoms. The topological polar surface area (TPSA) is 52.0 Å². The largest absolute Gasteiger partial charge is 0.394 e. The van der Waals surface area contributed by atoms with E-state index in [0.717, 1.165) is 0 Å². The number of nitrogens with zero attached hydrogens (tertiary/aromatic N) is 1. The van der Waals surface area contributed by atoms with Crippen molar-refractivity contribution >= 4 is 18.3 Å². The molecule has 0 aliphatic heterocycles. The van der Waals surface area contributed by atoms with Crippen molar-refractivity contribution in [3.8, 4) is 0 Å². The summed E-state index contributed by atoms with van der Waals surface area (Å²) in [5, 5.41) is 3.82. The van der Waals surface area contributed by atoms with E-state index in [1.165, 1.54) is 6.26 Å². The van der Waals surface area contributed by atoms with Gasteiger partial charge in [0.05, 0.1) is 0 Å². The normalized spacial score (nSPS) is 9.29. The Bertz CT molecular complexity index is 145. The summed E-state index contributed by atoms with van der Waals surface area (Å²) in [4.78, 5) is 0. The summed E-state index contributed by atoms with van der Waals surface area (Å²) in [7, 11) is 0. The van der Waals surface area contributed by atoms with Gasteiger partial charge in [-0.05, 0) is 0 Å². The van der Waals surface area contributed by atoms with Crippen molar-refractivity contribution in [3.63, 3.8) is 0 Å². The summed E-state index contributed by atoms with van der Waals surface area (Å²) in [6.07, 6.45) is 1.34. The van der Waals surface area contributed by atoms with Crippen LogP contribution in [0.15, 0.2) is 15.8 Å². The molecule has 38 valence electrons. The van der Waals surface area contributed by atoms with E-state index in [9.17, 15) is 0 Å². The van der Waals surface area contributed by atoms with E-state index >= 15 is 0 Å². The number of hydrogen-bond donors (Lipinski definition) is 2. The van der Waals surface area contributed by atoms with Gasteiger partial charge in [-0.15, -0.1) is 12.6 Å². The predicted octanol–water partition coefficient (Wildman–Crippen LogP) is 0.546. The van der Waals surface area contributed by atoms with Crippen LogP contribution in [-0.2, 0) is 0 Å². The average Bonchev–Trinajstić information content (AvgIpc) is 1.91. The molecule has 2 N–H and O–H groups in total. The molecule has 0 aromatic carbocycles. The lowest BCUT2D eigenvalue weighted by Gasteiger charge is -1.74. The third kappa shape index (κ3) is 0.691. The molecule has 0 atom stereocenters. The summed E-state index contributed by atoms with van der Waals surface area (Å²) >= 11 is 3.82. The number of hydrogen-bond acceptors (Lipinski definition) is 4. The van der Waals surface area contributed by atoms with Crippen LogP contribution in [0.3, 0.4) is 0 Å². The highest BCUT2D eigenvalue weighted by atomic mass is 32.1. The summed E-state index contributed by atoms with van der Waals surface area (Å²) in [5.74, 6) is 0. The van der Waals surface area contributed by atoms with Crippen molar-refractivity contribution < 1.29 is 4.52 Å². The lowest BCUT2D eigenvalue weighted by Crippen LogP contribution is -1.79. The van der Waals surface area contributed by atoms with Gasteiger partial charge in [-0.3, -0.25) is 0 Å². The van der Waals surface area contributed by atoms with Gasteiger partial charge in [0.2, 0.25) is 0 Å². The minimum absolute atomic E-state index is 0.444. The first-order chi connectivity index (χ1) is 3.30. The standard InChI is InChI=1S/C3H4N2OS/c4-2-1-6-5-3(2)7/h1H,4H2,(H,5,7). The average molecular weight is 116 g/mol. The van der Waals surface area contributed by atoms with E-state index in [-0.39, 0.29) is 0 Å². The zero-order valence-corrected chi connectivity index (χ0v) is 4.35. The molecule has 3 nitrogen and oxygen atoms in total. The maximum Gasteiger partial charge on any atom is 0.159 e. The Morgan fingerprint density at radius 2 is 2.57 bits per heavy atom. The summed E-state index contributed by atoms with van der Waals surface area (Å²) in [6.45, 7) is 0. The molecule has 0 radical (unpaired) electrons. The van der Waals surface area contributed by atoms with Gasteiger partial charge in [0.25, 0.3) is 0 Å². The molecule has 0 unspecified atom stereocenters. The van der Waals surface area contributed by atoms with Gasteiger partial charge in [-0.25, -0.2) is 0 Å². The number of nitrogens with two attached hydrogens (primary N) is 1. The van der Waals surface area contributed by atoms with E-state index in [1.54, 1.807) is 0 Å². The van der Waals surface area contributed by atoms with Crippen LogP contribution in [-0.4, -0.2) is 5.16 Å². The molecule has 1 aromatic heterocycles. The Kier molecular flexibility index (Phi) is 0.941. The third-order valence-electron chi connectivity index (χ3n) is 0.577. The zero-order valence-electron chi connectivity index (χ0n) is 3.46. The van der Waals surface area contributed by atoms with E-state index in [2.05, 4.69) is 22.3 Å². The second-order valence-electron chi connectivity index (χ2n) is 1.09. The molecule has 0 saturated heterocycles. The predicted molar refractivity (Wildman–Crippen MR) is 28.2 cm³/mol. The molecule has 1 heterocycles. The Hall–Kier alpha value is -0.640. The van der Waals surface area contributed by atoms with Crippen molar-refractivity contribution in [2.45, 2.75) is 5.03 Å². The van der Waals surface area contributed by atoms with Gasteiger partial charge in [0.15, 0.2) is 5.03 Å². The first kappa shape index (κ1) is 4.52. The van der Waals surface area contributed by atoms with Crippen LogP contribution < -0.4 is 5.73 Å². The van der Waals surface area contributed by atoms with Gasteiger partial charge in [-0.1, -0.05) is 5.16 Å². The number of anilines is 1. The molecule has 0 fully saturated rings. The van der Waals surface area contributed by atoms with Gasteiger partial charge in [0, 0.05) is 0 Å². The fraction of sp³-hybridized carbons (Fsp3) is 0. The van der Waals surface area contributed by atoms with Crippen LogP contribution in [0.25, 0.3) is 0 Å². The first-order valence-electron chi connectivity index (χ1n) is 1.69. The molecule has 0 aliphatic rings. The number of rotatable bonds is 0. The molecule has 0 spiro atoms. The Balaban J connectivity index is 3.12. The molecule has 0 saturated carbocycles. The minimum atomic E-state index is 0.444. The maximum atomic E-state index is 5.21. The highest BCUT2D eigenvalue weighted by molar-refractivity contribution is 7.80. The maximum absolute atomic E-state index is 5.21. The fourth-order valence-corrected chi connectivity index (χ4v) is 0.338. The third-order valence-corrected chi connectivity index (χ3v) is 0.917. The summed E-state index contributed by atoms with van der Waals surface area (Å²) < 4.78 is 4.39. The highest BCUT2D eigenvalue weighted by Crippen LogP contribution is 2.10. The molecular weight excluding hydrogens is 112 g/mol. The van der Waals surface area contributed by atoms with Crippen molar-refractivity contribution in [3.05, 3.63) is 6.26 Å². The van der Waals surface area contributed by atoms with Crippen molar-refractivity contribution in [2.24, 2.45) is 0 Å². The van der Waals surface area contributed by atoms with Crippen LogP contribution in [0.1, 0.15) is 0 Å². The van der Waals surface area contributed by atoms with Gasteiger partial charge in [-0.2, -0.15) is 0 Å². The van der Waals surface area contributed by atoms with Crippen LogP contribution in [0.4, 0.5) is 5.69 Å². The van der Waals surface area contributed by atoms with E-state index < -0.39 is 0 Å². The van der Waals surface area contributed by atoms with Crippen molar-refractivity contribution in [1.29, 1.82) is 0 Å². The number of nitrogen functional groups attached to an aromatic ring is 1. The zero-order chi connectivity index (χ0) is 5.28. The molecule has 4 heteroatoms. The smallest absolute Gasteiger partial charge is 0.159 e. The van der Waals surface area contributed by atoms with E-state index in [4.69, 9.17) is 5.73 Å². The first-order valence-corrected chi connectivity index (χ1v) is 2.14. The lowest BCUT2D eigenvalue weighted by atomic mass is 10.6. The fourth-order valence-electron chi connectivity index (χ4n) is 0.238. The second-order valence-corrected chi connectivity index (χ2v) is 1.52. The molecule has 1 aromatic rings. The quantitative estimate of drug-likeness (QED) is 0.486. The highest BCUT2D eigenvalue weighted by Gasteiger charge is 1.93. The van der Waals surface area contributed by atoms with Gasteiger partial charge in [0.1, 0.15) is 12.0 Å². The van der Waals surface area contributed by atoms with Gasteiger partial charge >= 0.3 is 0 Å². The number of thiol groups is 1. The Labute approximate surface area is 45.9 Å². The van der Waals surface area contributed by atoms with Crippen molar-refractivity contribution in [2.75, 3.05) is 5.73 Å². The molecule has 0 bridgehead atoms. The van der Waals surface area contributed by atoms with E-state index in [0.29, 0.717) is 10.7 Å². The monoisotopic (exact) mass is 116 g/mol. The molecular formula is C3H4N2OS. The minimum Gasteiger partial charge on any atom is -0.394 e. The van der Waals surface area contributed by atoms with Crippen LogP contribution in [0.2, 0.25) is 0 Å². The van der Waals surface area contributed by atoms with Crippen LogP contribution in [0, 0.1) is 0 Å². The second kappa shape index (κ2) is 1.46. The van der Waals surface area contributed by atoms with Crippen LogP contribution in [0.5, 0.6) is 0 Å². The Morgan fingerprint density at radius 3 is 2.71 bits per heavy atom. The molecule has 0 aliphatic carbocycles. The molecule has 1 rings (SSSR count). The molecule has 0 amide bonds. The number of aromatic nitrogens is 1. The Morgan fingerprint density at radius 1 is 1.86 bits per heavy atom. The van der Waals surface area contributed by atoms with Gasteiger partial charge < -0.3 is 10.3 Å². The SMILES string of the molecule is Nc1conc1S. The summed E-state index contributed by atoms with van der Waals surface area (Å²) in [5.41, 5.74) is 5.68. The lowest BCUT2D eigenvalue weighted by molar-refractivity contribution is 0.404. The van der Waals surface area contributed by atoms with E-state index in [1.807, 2.05) is 0 Å². The van der Waals surface area contributed by atoms with Crippen molar-refractivity contribution in [1.82, 2.24) is 5.16 Å². The summed E-state index contributed by atoms with van der Waals surface area (Å²) in [6, 6.07) is 0. The van der Waals surface area contributed by atoms with Crippen LogP contribution >= 0.6 is 12.6 Å².